The Morgan fingerprint density at radius 2 is 2.09 bits per heavy atom. The number of allylic oxidation sites excluding steroid dienone is 1. The summed E-state index contributed by atoms with van der Waals surface area (Å²) in [5, 5.41) is 3.32. The molecule has 22 heavy (non-hydrogen) atoms. The highest BCUT2D eigenvalue weighted by Crippen LogP contribution is 2.19. The first kappa shape index (κ1) is 14.6. The van der Waals surface area contributed by atoms with Crippen LogP contribution in [0.15, 0.2) is 51.2 Å². The van der Waals surface area contributed by atoms with E-state index in [1.165, 1.54) is 24.5 Å². The number of benzene rings is 1. The van der Waals surface area contributed by atoms with Gasteiger partial charge in [-0.25, -0.2) is 0 Å². The molecule has 0 unspecified atom stereocenters. The van der Waals surface area contributed by atoms with Crippen LogP contribution >= 0.6 is 0 Å². The van der Waals surface area contributed by atoms with E-state index in [1.807, 2.05) is 0 Å². The normalized spacial score (nSPS) is 14.6. The molecule has 1 heterocycles. The van der Waals surface area contributed by atoms with Gasteiger partial charge in [0, 0.05) is 12.6 Å². The molecule has 1 aromatic heterocycles. The molecule has 0 bridgehead atoms. The molecular formula is C18H19NO3. The number of carbonyl (C=O) groups excluding carboxylic acids is 1. The summed E-state index contributed by atoms with van der Waals surface area (Å²) in [4.78, 5) is 24.1. The molecule has 0 spiro atoms. The number of nitrogens with one attached hydrogen (secondary N) is 1. The van der Waals surface area contributed by atoms with Crippen molar-refractivity contribution in [3.63, 3.8) is 0 Å². The largest absolute Gasteiger partial charge is 0.451 e. The molecule has 0 saturated heterocycles. The molecule has 1 amide bonds. The highest BCUT2D eigenvalue weighted by Gasteiger charge is 2.12. The molecular weight excluding hydrogens is 278 g/mol. The summed E-state index contributed by atoms with van der Waals surface area (Å²) < 4.78 is 5.52. The van der Waals surface area contributed by atoms with Crippen LogP contribution in [0.25, 0.3) is 11.0 Å². The minimum absolute atomic E-state index is 0.0707. The van der Waals surface area contributed by atoms with Crippen LogP contribution in [0.3, 0.4) is 0 Å². The number of fused-ring (bicyclic) bond motifs is 1. The summed E-state index contributed by atoms with van der Waals surface area (Å²) >= 11 is 0. The van der Waals surface area contributed by atoms with Gasteiger partial charge in [-0.1, -0.05) is 23.8 Å². The molecule has 0 saturated carbocycles. The number of hydrogen-bond acceptors (Lipinski definition) is 3. The number of para-hydroxylation sites is 1. The Bertz CT molecular complexity index is 773. The van der Waals surface area contributed by atoms with Crippen LogP contribution in [0.5, 0.6) is 0 Å². The summed E-state index contributed by atoms with van der Waals surface area (Å²) in [5.74, 6) is -0.263. The van der Waals surface area contributed by atoms with Crippen molar-refractivity contribution in [3.05, 3.63) is 58.0 Å². The van der Waals surface area contributed by atoms with E-state index < -0.39 is 0 Å². The first-order valence-electron chi connectivity index (χ1n) is 7.73. The van der Waals surface area contributed by atoms with Gasteiger partial charge >= 0.3 is 0 Å². The number of rotatable bonds is 4. The minimum atomic E-state index is -0.334. The lowest BCUT2D eigenvalue weighted by Crippen LogP contribution is -2.25. The van der Waals surface area contributed by atoms with Crippen LogP contribution in [0.4, 0.5) is 0 Å². The zero-order chi connectivity index (χ0) is 15.4. The highest BCUT2D eigenvalue weighted by atomic mass is 16.3. The van der Waals surface area contributed by atoms with Crippen LogP contribution in [0.1, 0.15) is 42.7 Å². The number of amides is 1. The van der Waals surface area contributed by atoms with E-state index in [-0.39, 0.29) is 17.1 Å². The molecule has 1 N–H and O–H groups in total. The molecule has 4 heteroatoms. The van der Waals surface area contributed by atoms with E-state index in [2.05, 4.69) is 11.4 Å². The fourth-order valence-corrected chi connectivity index (χ4v) is 2.77. The molecule has 0 aliphatic heterocycles. The van der Waals surface area contributed by atoms with Crippen molar-refractivity contribution >= 4 is 16.9 Å². The standard InChI is InChI=1S/C18H19NO3/c20-15-12-17(22-16-9-5-4-8-14(15)16)18(21)19-11-10-13-6-2-1-3-7-13/h4-6,8-9,12H,1-3,7,10-11H2,(H,19,21). The Morgan fingerprint density at radius 3 is 2.91 bits per heavy atom. The summed E-state index contributed by atoms with van der Waals surface area (Å²) in [6.07, 6.45) is 7.90. The third kappa shape index (κ3) is 3.27. The predicted octanol–water partition coefficient (Wildman–Crippen LogP) is 3.41. The summed E-state index contributed by atoms with van der Waals surface area (Å²) in [7, 11) is 0. The molecule has 4 nitrogen and oxygen atoms in total. The average molecular weight is 297 g/mol. The second-order valence-electron chi connectivity index (χ2n) is 5.59. The Morgan fingerprint density at radius 1 is 1.23 bits per heavy atom. The van der Waals surface area contributed by atoms with Crippen LogP contribution in [-0.2, 0) is 0 Å². The summed E-state index contributed by atoms with van der Waals surface area (Å²) in [6, 6.07) is 8.20. The Kier molecular flexibility index (Phi) is 4.37. The Balaban J connectivity index is 1.67. The summed E-state index contributed by atoms with van der Waals surface area (Å²) in [6.45, 7) is 0.571. The lowest BCUT2D eigenvalue weighted by Gasteiger charge is -2.12. The van der Waals surface area contributed by atoms with Crippen LogP contribution in [0, 0.1) is 0 Å². The van der Waals surface area contributed by atoms with E-state index in [0.29, 0.717) is 17.5 Å². The molecule has 1 aliphatic rings. The van der Waals surface area contributed by atoms with E-state index in [9.17, 15) is 9.59 Å². The van der Waals surface area contributed by atoms with Gasteiger partial charge in [0.05, 0.1) is 5.39 Å². The quantitative estimate of drug-likeness (QED) is 0.880. The van der Waals surface area contributed by atoms with Crippen molar-refractivity contribution in [1.82, 2.24) is 5.32 Å². The first-order valence-corrected chi connectivity index (χ1v) is 7.73. The Hall–Kier alpha value is -2.36. The van der Waals surface area contributed by atoms with E-state index in [4.69, 9.17) is 4.42 Å². The van der Waals surface area contributed by atoms with Crippen molar-refractivity contribution < 1.29 is 9.21 Å². The van der Waals surface area contributed by atoms with E-state index in [0.717, 1.165) is 19.3 Å². The maximum Gasteiger partial charge on any atom is 0.287 e. The molecule has 3 rings (SSSR count). The summed E-state index contributed by atoms with van der Waals surface area (Å²) in [5.41, 5.74) is 1.66. The van der Waals surface area contributed by atoms with Gasteiger partial charge in [-0.2, -0.15) is 0 Å². The highest BCUT2D eigenvalue weighted by molar-refractivity contribution is 5.93. The fraction of sp³-hybridized carbons (Fsp3) is 0.333. The molecule has 114 valence electrons. The van der Waals surface area contributed by atoms with E-state index in [1.54, 1.807) is 24.3 Å². The van der Waals surface area contributed by atoms with Gasteiger partial charge in [-0.15, -0.1) is 0 Å². The second-order valence-corrected chi connectivity index (χ2v) is 5.59. The van der Waals surface area contributed by atoms with Gasteiger partial charge in [0.25, 0.3) is 5.91 Å². The molecule has 0 radical (unpaired) electrons. The fourth-order valence-electron chi connectivity index (χ4n) is 2.77. The smallest absolute Gasteiger partial charge is 0.287 e. The van der Waals surface area contributed by atoms with Crippen molar-refractivity contribution in [2.24, 2.45) is 0 Å². The molecule has 2 aromatic rings. The predicted molar refractivity (Wildman–Crippen MR) is 86.0 cm³/mol. The minimum Gasteiger partial charge on any atom is -0.451 e. The topological polar surface area (TPSA) is 59.3 Å². The van der Waals surface area contributed by atoms with Crippen molar-refractivity contribution in [3.8, 4) is 0 Å². The third-order valence-corrected chi connectivity index (χ3v) is 3.98. The maximum atomic E-state index is 12.1. The van der Waals surface area contributed by atoms with Crippen molar-refractivity contribution in [2.45, 2.75) is 32.1 Å². The monoisotopic (exact) mass is 297 g/mol. The Labute approximate surface area is 128 Å². The lowest BCUT2D eigenvalue weighted by molar-refractivity contribution is 0.0927. The molecule has 1 aliphatic carbocycles. The van der Waals surface area contributed by atoms with Gasteiger partial charge in [-0.05, 0) is 44.2 Å². The molecule has 0 fully saturated rings. The zero-order valence-electron chi connectivity index (χ0n) is 12.4. The van der Waals surface area contributed by atoms with Crippen molar-refractivity contribution in [1.29, 1.82) is 0 Å². The van der Waals surface area contributed by atoms with Crippen LogP contribution < -0.4 is 10.7 Å². The first-order chi connectivity index (χ1) is 10.7. The molecule has 0 atom stereocenters. The number of carbonyl (C=O) groups is 1. The van der Waals surface area contributed by atoms with Gasteiger partial charge in [0.1, 0.15) is 5.58 Å². The maximum absolute atomic E-state index is 12.1. The zero-order valence-corrected chi connectivity index (χ0v) is 12.4. The number of hydrogen-bond donors (Lipinski definition) is 1. The van der Waals surface area contributed by atoms with Crippen molar-refractivity contribution in [2.75, 3.05) is 6.54 Å². The average Bonchev–Trinajstić information content (AvgIpc) is 2.56. The van der Waals surface area contributed by atoms with E-state index >= 15 is 0 Å². The van der Waals surface area contributed by atoms with Crippen LogP contribution in [0.2, 0.25) is 0 Å². The third-order valence-electron chi connectivity index (χ3n) is 3.98. The van der Waals surface area contributed by atoms with Gasteiger partial charge in [0.15, 0.2) is 11.2 Å². The van der Waals surface area contributed by atoms with Gasteiger partial charge in [0.2, 0.25) is 0 Å². The SMILES string of the molecule is O=C(NCCC1=CCCCC1)c1cc(=O)c2ccccc2o1. The molecule has 1 aromatic carbocycles. The lowest BCUT2D eigenvalue weighted by atomic mass is 9.97. The van der Waals surface area contributed by atoms with Gasteiger partial charge in [-0.3, -0.25) is 9.59 Å². The van der Waals surface area contributed by atoms with Gasteiger partial charge < -0.3 is 9.73 Å². The second kappa shape index (κ2) is 6.60. The van der Waals surface area contributed by atoms with Crippen LogP contribution in [-0.4, -0.2) is 12.5 Å².